The molecule has 0 saturated carbocycles. The van der Waals surface area contributed by atoms with Gasteiger partial charge in [-0.15, -0.1) is 0 Å². The summed E-state index contributed by atoms with van der Waals surface area (Å²) in [5.74, 6) is 0.719. The van der Waals surface area contributed by atoms with Gasteiger partial charge in [0.25, 0.3) is 6.20 Å². The van der Waals surface area contributed by atoms with Crippen LogP contribution in [0.2, 0.25) is 0 Å². The molecule has 9 nitrogen and oxygen atoms in total. The highest BCUT2D eigenvalue weighted by Gasteiger charge is 2.35. The van der Waals surface area contributed by atoms with Crippen LogP contribution in [0.4, 0.5) is 5.88 Å². The largest absolute Gasteiger partial charge is 0.859 e. The second-order valence-corrected chi connectivity index (χ2v) is 8.50. The van der Waals surface area contributed by atoms with E-state index in [1.54, 1.807) is 17.9 Å². The number of rotatable bonds is 3. The molecular weight excluding hydrogens is 386 g/mol. The summed E-state index contributed by atoms with van der Waals surface area (Å²) in [6, 6.07) is 0. The van der Waals surface area contributed by atoms with Gasteiger partial charge in [0.15, 0.2) is 0 Å². The third kappa shape index (κ3) is 3.47. The van der Waals surface area contributed by atoms with Gasteiger partial charge < -0.3 is 19.8 Å². The number of fused-ring (bicyclic) bond motifs is 1. The Morgan fingerprint density at radius 2 is 1.90 bits per heavy atom. The number of hydrogen-bond donors (Lipinski definition) is 1. The summed E-state index contributed by atoms with van der Waals surface area (Å²) >= 11 is 0. The molecule has 1 aromatic carbocycles. The number of hydrogen-bond acceptors (Lipinski definition) is 8. The molecule has 2 aliphatic heterocycles. The van der Waals surface area contributed by atoms with Crippen molar-refractivity contribution in [3.05, 3.63) is 28.5 Å². The van der Waals surface area contributed by atoms with Crippen molar-refractivity contribution in [1.82, 2.24) is 10.2 Å². The van der Waals surface area contributed by atoms with E-state index in [4.69, 9.17) is 9.26 Å². The van der Waals surface area contributed by atoms with Gasteiger partial charge in [-0.1, -0.05) is 0 Å². The van der Waals surface area contributed by atoms with E-state index in [9.17, 15) is 10.2 Å². The van der Waals surface area contributed by atoms with Crippen LogP contribution >= 0.6 is 0 Å². The van der Waals surface area contributed by atoms with Crippen molar-refractivity contribution in [1.29, 1.82) is 0 Å². The Labute approximate surface area is 176 Å². The molecule has 30 heavy (non-hydrogen) atoms. The number of likely N-dealkylation sites (N-methyl/N-ethyl adjacent to an activating group) is 1. The second kappa shape index (κ2) is 7.46. The predicted molar refractivity (Wildman–Crippen MR) is 109 cm³/mol. The summed E-state index contributed by atoms with van der Waals surface area (Å²) in [6.45, 7) is 10.9. The highest BCUT2D eigenvalue weighted by Crippen LogP contribution is 2.43. The number of aliphatic imine (C=N–C) groups is 1. The van der Waals surface area contributed by atoms with Crippen molar-refractivity contribution in [3.63, 3.8) is 0 Å². The zero-order valence-corrected chi connectivity index (χ0v) is 18.2. The molecule has 4 rings (SSSR count). The molecule has 1 unspecified atom stereocenters. The van der Waals surface area contributed by atoms with Gasteiger partial charge >= 0.3 is 5.88 Å². The predicted octanol–water partition coefficient (Wildman–Crippen LogP) is 0.651. The lowest BCUT2D eigenvalue weighted by molar-refractivity contribution is -0.759. The molecule has 0 radical (unpaired) electrons. The SMILES string of the molecule is Cc1c(C)c2c(c(C)c1O)CCC(C)(C([O-])=Nc1c[n+](N3CCN(C)CC3)no1)O2. The third-order valence-corrected chi connectivity index (χ3v) is 6.40. The average Bonchev–Trinajstić information content (AvgIpc) is 3.19. The number of aromatic nitrogens is 2. The Morgan fingerprint density at radius 3 is 2.60 bits per heavy atom. The van der Waals surface area contributed by atoms with Crippen molar-refractivity contribution >= 4 is 11.8 Å². The monoisotopic (exact) mass is 415 g/mol. The number of aromatic hydroxyl groups is 1. The van der Waals surface area contributed by atoms with E-state index >= 15 is 0 Å². The minimum absolute atomic E-state index is 0.157. The van der Waals surface area contributed by atoms with Crippen molar-refractivity contribution in [3.8, 4) is 11.5 Å². The summed E-state index contributed by atoms with van der Waals surface area (Å²) in [6.07, 6.45) is 2.73. The molecule has 0 spiro atoms. The van der Waals surface area contributed by atoms with Crippen LogP contribution < -0.4 is 19.6 Å². The highest BCUT2D eigenvalue weighted by molar-refractivity contribution is 5.83. The Hall–Kier alpha value is -2.81. The van der Waals surface area contributed by atoms with E-state index in [0.717, 1.165) is 48.4 Å². The zero-order valence-electron chi connectivity index (χ0n) is 18.2. The van der Waals surface area contributed by atoms with Gasteiger partial charge in [0, 0.05) is 24.6 Å². The van der Waals surface area contributed by atoms with Gasteiger partial charge in [-0.3, -0.25) is 4.52 Å². The molecule has 1 N–H and O–H groups in total. The van der Waals surface area contributed by atoms with Crippen LogP contribution in [-0.2, 0) is 6.42 Å². The second-order valence-electron chi connectivity index (χ2n) is 8.50. The molecule has 3 heterocycles. The lowest BCUT2D eigenvalue weighted by Gasteiger charge is -2.40. The van der Waals surface area contributed by atoms with Crippen LogP contribution in [0.5, 0.6) is 11.5 Å². The summed E-state index contributed by atoms with van der Waals surface area (Å²) in [5, 5.41) is 29.4. The quantitative estimate of drug-likeness (QED) is 0.446. The normalized spacial score (nSPS) is 22.7. The maximum Gasteiger partial charge on any atom is 0.324 e. The fourth-order valence-corrected chi connectivity index (χ4v) is 4.03. The van der Waals surface area contributed by atoms with E-state index in [1.165, 1.54) is 0 Å². The maximum absolute atomic E-state index is 13.0. The Kier molecular flexibility index (Phi) is 5.09. The molecule has 2 aromatic rings. The molecule has 1 aromatic heterocycles. The number of benzene rings is 1. The average molecular weight is 415 g/mol. The molecule has 1 saturated heterocycles. The van der Waals surface area contributed by atoms with Gasteiger partial charge in [0.05, 0.1) is 17.9 Å². The maximum atomic E-state index is 13.0. The fourth-order valence-electron chi connectivity index (χ4n) is 4.03. The number of nitrogens with zero attached hydrogens (tertiary/aromatic N) is 5. The lowest BCUT2D eigenvalue weighted by atomic mass is 9.87. The fraction of sp³-hybridized carbons (Fsp3) is 0.571. The zero-order chi connectivity index (χ0) is 21.6. The third-order valence-electron chi connectivity index (χ3n) is 6.40. The molecule has 9 heteroatoms. The van der Waals surface area contributed by atoms with Crippen molar-refractivity contribution < 1.29 is 24.3 Å². The Morgan fingerprint density at radius 1 is 1.20 bits per heavy atom. The molecule has 162 valence electrons. The molecule has 0 aliphatic carbocycles. The first-order valence-corrected chi connectivity index (χ1v) is 10.3. The van der Waals surface area contributed by atoms with Gasteiger partial charge in [-0.25, -0.2) is 4.99 Å². The number of ether oxygens (including phenoxy) is 1. The molecule has 0 bridgehead atoms. The number of phenols is 1. The van der Waals surface area contributed by atoms with Crippen molar-refractivity contribution in [2.75, 3.05) is 38.2 Å². The first kappa shape index (κ1) is 20.5. The molecular formula is C21H29N5O4. The Balaban J connectivity index is 1.57. The van der Waals surface area contributed by atoms with Gasteiger partial charge in [0.1, 0.15) is 17.1 Å². The van der Waals surface area contributed by atoms with Crippen LogP contribution in [0.3, 0.4) is 0 Å². The van der Waals surface area contributed by atoms with E-state index in [-0.39, 0.29) is 5.88 Å². The van der Waals surface area contributed by atoms with E-state index in [0.29, 0.717) is 24.3 Å². The van der Waals surface area contributed by atoms with Gasteiger partial charge in [0.2, 0.25) is 5.27 Å². The van der Waals surface area contributed by atoms with Crippen LogP contribution in [0.15, 0.2) is 15.7 Å². The lowest BCUT2D eigenvalue weighted by Crippen LogP contribution is -2.64. The van der Waals surface area contributed by atoms with Gasteiger partial charge in [-0.2, -0.15) is 5.01 Å². The van der Waals surface area contributed by atoms with E-state index in [1.807, 2.05) is 25.8 Å². The first-order valence-electron chi connectivity index (χ1n) is 10.3. The summed E-state index contributed by atoms with van der Waals surface area (Å²) in [5.41, 5.74) is 2.28. The minimum atomic E-state index is -1.10. The molecule has 1 atom stereocenters. The molecule has 2 aliphatic rings. The number of piperazine rings is 1. The van der Waals surface area contributed by atoms with Gasteiger partial charge in [-0.05, 0) is 64.3 Å². The van der Waals surface area contributed by atoms with Crippen LogP contribution in [0, 0.1) is 20.8 Å². The first-order chi connectivity index (χ1) is 14.2. The van der Waals surface area contributed by atoms with Crippen molar-refractivity contribution in [2.24, 2.45) is 4.99 Å². The smallest absolute Gasteiger partial charge is 0.324 e. The van der Waals surface area contributed by atoms with Crippen molar-refractivity contribution in [2.45, 2.75) is 46.1 Å². The molecule has 1 fully saturated rings. The minimum Gasteiger partial charge on any atom is -0.859 e. The molecule has 0 amide bonds. The number of phenolic OH excluding ortho intramolecular Hbond substituents is 1. The summed E-state index contributed by atoms with van der Waals surface area (Å²) in [7, 11) is 2.08. The van der Waals surface area contributed by atoms with Crippen LogP contribution in [-0.4, -0.2) is 60.0 Å². The standard InChI is InChI=1S/C21H29N5O4/c1-13-14(2)19-16(15(3)18(13)27)6-7-21(4,29-19)20(28)22-17-12-26(23-30-17)25-10-8-24(5)9-11-25/h12H,6-11H2,1-5H3,(H-,22,23,27,28). The highest BCUT2D eigenvalue weighted by atomic mass is 16.5. The van der Waals surface area contributed by atoms with E-state index < -0.39 is 11.5 Å². The Bertz CT molecular complexity index is 994. The topological polar surface area (TPSA) is 101 Å². The summed E-state index contributed by atoms with van der Waals surface area (Å²) < 4.78 is 11.5. The van der Waals surface area contributed by atoms with E-state index in [2.05, 4.69) is 22.2 Å². The van der Waals surface area contributed by atoms with Crippen LogP contribution in [0.25, 0.3) is 0 Å². The van der Waals surface area contributed by atoms with Crippen LogP contribution in [0.1, 0.15) is 35.6 Å². The summed E-state index contributed by atoms with van der Waals surface area (Å²) in [4.78, 5) is 8.01.